The van der Waals surface area contributed by atoms with Crippen molar-refractivity contribution in [2.75, 3.05) is 0 Å². The van der Waals surface area contributed by atoms with E-state index in [9.17, 15) is 4.79 Å². The number of fused-ring (bicyclic) bond motifs is 5. The zero-order valence-electron chi connectivity index (χ0n) is 15.0. The average molecular weight is 303 g/mol. The first-order valence-corrected chi connectivity index (χ1v) is 9.87. The van der Waals surface area contributed by atoms with E-state index >= 15 is 0 Å². The van der Waals surface area contributed by atoms with Crippen LogP contribution in [0.15, 0.2) is 0 Å². The van der Waals surface area contributed by atoms with E-state index < -0.39 is 0 Å². The lowest BCUT2D eigenvalue weighted by atomic mass is 9.42. The number of hydrogen-bond donors (Lipinski definition) is 0. The standard InChI is InChI=1S/C21H34O/c1-20(2)18(22)12-14-9-10-16-15-7-5-6-13(15)8-11-17(16)19(14)21(20,3)4/h13-17,19H,5-12H2,1-4H3. The van der Waals surface area contributed by atoms with Crippen molar-refractivity contribution in [2.45, 2.75) is 79.1 Å². The van der Waals surface area contributed by atoms with Crippen LogP contribution in [0.5, 0.6) is 0 Å². The van der Waals surface area contributed by atoms with Crippen molar-refractivity contribution in [1.82, 2.24) is 0 Å². The summed E-state index contributed by atoms with van der Waals surface area (Å²) in [5.74, 6) is 6.02. The summed E-state index contributed by atoms with van der Waals surface area (Å²) in [5, 5.41) is 0. The number of rotatable bonds is 0. The summed E-state index contributed by atoms with van der Waals surface area (Å²) < 4.78 is 0. The Morgan fingerprint density at radius 3 is 2.23 bits per heavy atom. The lowest BCUT2D eigenvalue weighted by Gasteiger charge is -2.61. The summed E-state index contributed by atoms with van der Waals surface area (Å²) in [6.45, 7) is 9.31. The Kier molecular flexibility index (Phi) is 3.34. The van der Waals surface area contributed by atoms with Crippen molar-refractivity contribution in [3.63, 3.8) is 0 Å². The fourth-order valence-electron chi connectivity index (χ4n) is 7.36. The van der Waals surface area contributed by atoms with Crippen molar-refractivity contribution in [3.8, 4) is 0 Å². The number of carbonyl (C=O) groups is 1. The molecule has 6 unspecified atom stereocenters. The van der Waals surface area contributed by atoms with Crippen LogP contribution in [0.25, 0.3) is 0 Å². The third kappa shape index (κ3) is 1.86. The second-order valence-corrected chi connectivity index (χ2v) is 10.1. The van der Waals surface area contributed by atoms with Crippen molar-refractivity contribution >= 4 is 5.78 Å². The van der Waals surface area contributed by atoms with Crippen LogP contribution in [0.1, 0.15) is 79.1 Å². The SMILES string of the molecule is CC1(C)C(=O)CC2CCC3C4CCCC4CCC3C2C1(C)C. The lowest BCUT2D eigenvalue weighted by molar-refractivity contribution is -0.163. The van der Waals surface area contributed by atoms with Crippen LogP contribution in [0, 0.1) is 46.3 Å². The Bertz CT molecular complexity index is 474. The minimum Gasteiger partial charge on any atom is -0.299 e. The van der Waals surface area contributed by atoms with E-state index in [0.29, 0.717) is 11.7 Å². The molecule has 0 spiro atoms. The zero-order chi connectivity index (χ0) is 15.7. The maximum atomic E-state index is 12.7. The molecule has 0 aromatic carbocycles. The van der Waals surface area contributed by atoms with E-state index in [1.165, 1.54) is 44.9 Å². The van der Waals surface area contributed by atoms with Gasteiger partial charge in [0.1, 0.15) is 5.78 Å². The van der Waals surface area contributed by atoms with E-state index in [1.54, 1.807) is 0 Å². The maximum absolute atomic E-state index is 12.7. The number of hydrogen-bond acceptors (Lipinski definition) is 1. The van der Waals surface area contributed by atoms with Crippen LogP contribution in [-0.2, 0) is 4.79 Å². The lowest BCUT2D eigenvalue weighted by Crippen LogP contribution is -2.58. The normalized spacial score (nSPS) is 49.2. The molecule has 0 N–H and O–H groups in total. The topological polar surface area (TPSA) is 17.1 Å². The fraction of sp³-hybridized carbons (Fsp3) is 0.952. The Morgan fingerprint density at radius 1 is 0.773 bits per heavy atom. The molecule has 0 aromatic heterocycles. The highest BCUT2D eigenvalue weighted by Gasteiger charge is 2.60. The summed E-state index contributed by atoms with van der Waals surface area (Å²) in [7, 11) is 0. The molecule has 4 aliphatic carbocycles. The third-order valence-electron chi connectivity index (χ3n) is 9.12. The molecule has 0 radical (unpaired) electrons. The van der Waals surface area contributed by atoms with E-state index in [-0.39, 0.29) is 10.8 Å². The van der Waals surface area contributed by atoms with Gasteiger partial charge in [-0.15, -0.1) is 0 Å². The van der Waals surface area contributed by atoms with Crippen LogP contribution in [-0.4, -0.2) is 5.78 Å². The summed E-state index contributed by atoms with van der Waals surface area (Å²) >= 11 is 0. The highest BCUT2D eigenvalue weighted by atomic mass is 16.1. The minimum atomic E-state index is -0.136. The van der Waals surface area contributed by atoms with Crippen LogP contribution in [0.3, 0.4) is 0 Å². The van der Waals surface area contributed by atoms with Gasteiger partial charge in [-0.3, -0.25) is 4.79 Å². The number of carbonyl (C=O) groups excluding carboxylic acids is 1. The van der Waals surface area contributed by atoms with E-state index in [2.05, 4.69) is 27.7 Å². The highest BCUT2D eigenvalue weighted by molar-refractivity contribution is 5.86. The minimum absolute atomic E-state index is 0.136. The quantitative estimate of drug-likeness (QED) is 0.579. The summed E-state index contributed by atoms with van der Waals surface area (Å²) in [4.78, 5) is 12.7. The maximum Gasteiger partial charge on any atom is 0.139 e. The largest absolute Gasteiger partial charge is 0.299 e. The zero-order valence-corrected chi connectivity index (χ0v) is 15.0. The van der Waals surface area contributed by atoms with Gasteiger partial charge in [-0.05, 0) is 73.0 Å². The van der Waals surface area contributed by atoms with Gasteiger partial charge in [0.25, 0.3) is 0 Å². The Morgan fingerprint density at radius 2 is 1.45 bits per heavy atom. The average Bonchev–Trinajstić information content (AvgIpc) is 2.93. The van der Waals surface area contributed by atoms with E-state index in [1.807, 2.05) is 0 Å². The van der Waals surface area contributed by atoms with E-state index in [4.69, 9.17) is 0 Å². The molecule has 4 aliphatic rings. The molecule has 0 saturated heterocycles. The number of ketones is 1. The third-order valence-corrected chi connectivity index (χ3v) is 9.12. The molecule has 22 heavy (non-hydrogen) atoms. The predicted octanol–water partition coefficient (Wildman–Crippen LogP) is 5.48. The van der Waals surface area contributed by atoms with Gasteiger partial charge < -0.3 is 0 Å². The molecule has 1 heteroatoms. The van der Waals surface area contributed by atoms with Gasteiger partial charge in [0, 0.05) is 11.8 Å². The van der Waals surface area contributed by atoms with E-state index in [0.717, 1.165) is 36.0 Å². The van der Waals surface area contributed by atoms with Crippen molar-refractivity contribution < 1.29 is 4.79 Å². The monoisotopic (exact) mass is 302 g/mol. The summed E-state index contributed by atoms with van der Waals surface area (Å²) in [5.41, 5.74) is 0.0321. The second-order valence-electron chi connectivity index (χ2n) is 10.1. The van der Waals surface area contributed by atoms with Crippen molar-refractivity contribution in [2.24, 2.45) is 46.3 Å². The molecule has 0 aliphatic heterocycles. The molecule has 6 atom stereocenters. The smallest absolute Gasteiger partial charge is 0.139 e. The summed E-state index contributed by atoms with van der Waals surface area (Å²) in [6, 6.07) is 0. The van der Waals surface area contributed by atoms with Gasteiger partial charge in [-0.2, -0.15) is 0 Å². The van der Waals surface area contributed by atoms with Crippen LogP contribution in [0.2, 0.25) is 0 Å². The Labute approximate surface area is 136 Å². The van der Waals surface area contributed by atoms with Gasteiger partial charge in [0.2, 0.25) is 0 Å². The molecule has 1 nitrogen and oxygen atoms in total. The molecule has 0 aromatic rings. The first-order valence-electron chi connectivity index (χ1n) is 9.87. The van der Waals surface area contributed by atoms with Crippen molar-refractivity contribution in [3.05, 3.63) is 0 Å². The van der Waals surface area contributed by atoms with Gasteiger partial charge in [-0.1, -0.05) is 40.5 Å². The van der Waals surface area contributed by atoms with Crippen LogP contribution >= 0.6 is 0 Å². The molecule has 4 fully saturated rings. The molecule has 4 saturated carbocycles. The van der Waals surface area contributed by atoms with Crippen molar-refractivity contribution in [1.29, 1.82) is 0 Å². The predicted molar refractivity (Wildman–Crippen MR) is 90.4 cm³/mol. The molecule has 4 rings (SSSR count). The van der Waals surface area contributed by atoms with Gasteiger partial charge in [-0.25, -0.2) is 0 Å². The molecule has 0 bridgehead atoms. The number of Topliss-reactive ketones (excluding diaryl/α,β-unsaturated/α-hetero) is 1. The molecule has 0 amide bonds. The molecular formula is C21H34O. The Balaban J connectivity index is 1.68. The second kappa shape index (κ2) is 4.84. The van der Waals surface area contributed by atoms with Gasteiger partial charge >= 0.3 is 0 Å². The first kappa shape index (κ1) is 15.2. The van der Waals surface area contributed by atoms with Crippen LogP contribution in [0.4, 0.5) is 0 Å². The Hall–Kier alpha value is -0.330. The molecule has 124 valence electrons. The molecular weight excluding hydrogens is 268 g/mol. The fourth-order valence-corrected chi connectivity index (χ4v) is 7.36. The van der Waals surface area contributed by atoms with Crippen LogP contribution < -0.4 is 0 Å². The highest BCUT2D eigenvalue weighted by Crippen LogP contribution is 2.64. The molecule has 0 heterocycles. The van der Waals surface area contributed by atoms with Gasteiger partial charge in [0.05, 0.1) is 0 Å². The first-order chi connectivity index (χ1) is 10.3. The summed E-state index contributed by atoms with van der Waals surface area (Å²) in [6.07, 6.45) is 11.1. The van der Waals surface area contributed by atoms with Gasteiger partial charge in [0.15, 0.2) is 0 Å².